The van der Waals surface area contributed by atoms with Gasteiger partial charge in [-0.05, 0) is 32.1 Å². The van der Waals surface area contributed by atoms with Crippen molar-refractivity contribution < 1.29 is 4.74 Å². The molecule has 2 aromatic heterocycles. The van der Waals surface area contributed by atoms with Crippen LogP contribution in [0.3, 0.4) is 0 Å². The van der Waals surface area contributed by atoms with Gasteiger partial charge in [0, 0.05) is 24.7 Å². The molecule has 26 heavy (non-hydrogen) atoms. The van der Waals surface area contributed by atoms with Crippen LogP contribution < -0.4 is 19.6 Å². The third-order valence-corrected chi connectivity index (χ3v) is 5.97. The molecule has 132 valence electrons. The van der Waals surface area contributed by atoms with E-state index in [4.69, 9.17) is 9.73 Å². The Morgan fingerprint density at radius 3 is 3.08 bits per heavy atom. The van der Waals surface area contributed by atoms with E-state index in [2.05, 4.69) is 5.10 Å². The molecule has 2 aliphatic rings. The van der Waals surface area contributed by atoms with E-state index in [0.29, 0.717) is 11.0 Å². The number of fused-ring (bicyclic) bond motifs is 6. The Morgan fingerprint density at radius 1 is 1.38 bits per heavy atom. The van der Waals surface area contributed by atoms with Crippen molar-refractivity contribution in [2.45, 2.75) is 38.6 Å². The number of nitrogens with zero attached hydrogens (tertiary/aromatic N) is 4. The predicted octanol–water partition coefficient (Wildman–Crippen LogP) is 1.68. The Bertz CT molecular complexity index is 1190. The van der Waals surface area contributed by atoms with Crippen LogP contribution in [0.15, 0.2) is 46.3 Å². The molecule has 2 aliphatic heterocycles. The number of aryl methyl sites for hydroxylation is 1. The molecule has 6 nitrogen and oxygen atoms in total. The van der Waals surface area contributed by atoms with Crippen LogP contribution in [0.1, 0.15) is 37.6 Å². The highest BCUT2D eigenvalue weighted by Gasteiger charge is 2.42. The van der Waals surface area contributed by atoms with E-state index in [1.807, 2.05) is 59.5 Å². The Labute approximate surface area is 153 Å². The molecular weight excluding hydrogens is 348 g/mol. The highest BCUT2D eigenvalue weighted by Crippen LogP contribution is 2.42. The summed E-state index contributed by atoms with van der Waals surface area (Å²) in [5, 5.41) is 4.27. The quantitative estimate of drug-likeness (QED) is 0.693. The summed E-state index contributed by atoms with van der Waals surface area (Å²) >= 11 is 1.42. The first kappa shape index (κ1) is 15.6. The zero-order valence-corrected chi connectivity index (χ0v) is 15.4. The third kappa shape index (κ3) is 2.20. The number of hydrogen-bond donors (Lipinski definition) is 0. The summed E-state index contributed by atoms with van der Waals surface area (Å²) in [4.78, 5) is 18.7. The van der Waals surface area contributed by atoms with E-state index in [0.717, 1.165) is 28.4 Å². The highest BCUT2D eigenvalue weighted by molar-refractivity contribution is 7.07. The maximum Gasteiger partial charge on any atom is 0.270 e. The molecule has 0 fully saturated rings. The standard InChI is InChI=1S/C19H18N4O2S/c1-3-22-12(8-9-20-22)10-16-17(24)23-14-11-19(2,21-18(23)26-16)25-15-7-5-4-6-13(14)15/h4-10,14H,3,11H2,1-2H3/b16-10-. The van der Waals surface area contributed by atoms with E-state index in [1.165, 1.54) is 11.3 Å². The lowest BCUT2D eigenvalue weighted by Gasteiger charge is -2.39. The normalized spacial score (nSPS) is 23.8. The highest BCUT2D eigenvalue weighted by atomic mass is 32.1. The second kappa shape index (κ2) is 5.41. The van der Waals surface area contributed by atoms with Crippen molar-refractivity contribution in [3.05, 3.63) is 67.5 Å². The van der Waals surface area contributed by atoms with E-state index in [-0.39, 0.29) is 11.6 Å². The number of thiazole rings is 1. The smallest absolute Gasteiger partial charge is 0.270 e. The average molecular weight is 366 g/mol. The lowest BCUT2D eigenvalue weighted by Crippen LogP contribution is -2.49. The molecule has 7 heteroatoms. The number of hydrogen-bond acceptors (Lipinski definition) is 5. The Balaban J connectivity index is 1.76. The van der Waals surface area contributed by atoms with Gasteiger partial charge < -0.3 is 4.74 Å². The summed E-state index contributed by atoms with van der Waals surface area (Å²) in [5.41, 5.74) is 1.35. The fraction of sp³-hybridized carbons (Fsp3) is 0.316. The van der Waals surface area contributed by atoms with Gasteiger partial charge in [-0.3, -0.25) is 14.0 Å². The van der Waals surface area contributed by atoms with Crippen LogP contribution in [0, 0.1) is 0 Å². The third-order valence-electron chi connectivity index (χ3n) is 4.99. The Morgan fingerprint density at radius 2 is 2.23 bits per heavy atom. The molecule has 2 unspecified atom stereocenters. The van der Waals surface area contributed by atoms with Crippen molar-refractivity contribution >= 4 is 17.4 Å². The SMILES string of the molecule is CCn1nccc1/C=c1\sc2n(c1=O)C1CC(C)(N=2)Oc2ccccc21. The summed E-state index contributed by atoms with van der Waals surface area (Å²) in [6.07, 6.45) is 4.33. The number of rotatable bonds is 2. The zero-order chi connectivity index (χ0) is 17.9. The van der Waals surface area contributed by atoms with E-state index < -0.39 is 5.72 Å². The number of para-hydroxylation sites is 1. The average Bonchev–Trinajstić information content (AvgIpc) is 3.19. The van der Waals surface area contributed by atoms with Gasteiger partial charge in [0.1, 0.15) is 5.75 Å². The number of ether oxygens (including phenoxy) is 1. The van der Waals surface area contributed by atoms with Crippen LogP contribution in [-0.2, 0) is 6.54 Å². The molecule has 0 N–H and O–H groups in total. The topological polar surface area (TPSA) is 61.4 Å². The summed E-state index contributed by atoms with van der Waals surface area (Å²) in [5.74, 6) is 0.813. The zero-order valence-electron chi connectivity index (χ0n) is 14.5. The molecule has 0 amide bonds. The minimum absolute atomic E-state index is 0.00126. The lowest BCUT2D eigenvalue weighted by molar-refractivity contribution is 0.0410. The fourth-order valence-corrected chi connectivity index (χ4v) is 4.91. The van der Waals surface area contributed by atoms with Gasteiger partial charge in [-0.2, -0.15) is 5.10 Å². The van der Waals surface area contributed by atoms with Crippen LogP contribution in [0.4, 0.5) is 0 Å². The summed E-state index contributed by atoms with van der Waals surface area (Å²) < 4.78 is 10.5. The van der Waals surface area contributed by atoms with Crippen molar-refractivity contribution in [3.63, 3.8) is 0 Å². The van der Waals surface area contributed by atoms with Crippen molar-refractivity contribution in [1.82, 2.24) is 14.3 Å². The molecule has 0 saturated heterocycles. The summed E-state index contributed by atoms with van der Waals surface area (Å²) in [7, 11) is 0. The van der Waals surface area contributed by atoms with Crippen molar-refractivity contribution in [3.8, 4) is 5.75 Å². The maximum absolute atomic E-state index is 13.2. The number of benzene rings is 1. The molecule has 2 atom stereocenters. The van der Waals surface area contributed by atoms with E-state index in [9.17, 15) is 4.79 Å². The van der Waals surface area contributed by atoms with Gasteiger partial charge >= 0.3 is 0 Å². The van der Waals surface area contributed by atoms with Crippen LogP contribution in [-0.4, -0.2) is 20.1 Å². The fourth-order valence-electron chi connectivity index (χ4n) is 3.80. The van der Waals surface area contributed by atoms with E-state index >= 15 is 0 Å². The minimum Gasteiger partial charge on any atom is -0.466 e. The second-order valence-corrected chi connectivity index (χ2v) is 7.80. The van der Waals surface area contributed by atoms with Crippen molar-refractivity contribution in [2.75, 3.05) is 0 Å². The van der Waals surface area contributed by atoms with Crippen LogP contribution in [0.25, 0.3) is 6.08 Å². The van der Waals surface area contributed by atoms with Gasteiger partial charge in [0.2, 0.25) is 5.72 Å². The molecule has 0 saturated carbocycles. The Kier molecular flexibility index (Phi) is 3.24. The van der Waals surface area contributed by atoms with Crippen LogP contribution in [0.5, 0.6) is 5.75 Å². The van der Waals surface area contributed by atoms with Crippen LogP contribution in [0.2, 0.25) is 0 Å². The van der Waals surface area contributed by atoms with Gasteiger partial charge in [-0.15, -0.1) is 0 Å². The first-order valence-corrected chi connectivity index (χ1v) is 9.52. The Hall–Kier alpha value is -2.67. The molecule has 1 aromatic carbocycles. The van der Waals surface area contributed by atoms with E-state index in [1.54, 1.807) is 6.20 Å². The molecule has 0 radical (unpaired) electrons. The van der Waals surface area contributed by atoms with Gasteiger partial charge in [0.15, 0.2) is 4.80 Å². The molecule has 0 aliphatic carbocycles. The monoisotopic (exact) mass is 366 g/mol. The summed E-state index contributed by atoms with van der Waals surface area (Å²) in [6.45, 7) is 4.78. The first-order valence-electron chi connectivity index (χ1n) is 8.71. The van der Waals surface area contributed by atoms with Gasteiger partial charge in [0.25, 0.3) is 5.56 Å². The van der Waals surface area contributed by atoms with Gasteiger partial charge in [-0.25, -0.2) is 4.99 Å². The van der Waals surface area contributed by atoms with Gasteiger partial charge in [0.05, 0.1) is 16.3 Å². The van der Waals surface area contributed by atoms with Crippen molar-refractivity contribution in [2.24, 2.45) is 4.99 Å². The second-order valence-electron chi connectivity index (χ2n) is 6.79. The molecule has 0 spiro atoms. The molecule has 5 rings (SSSR count). The first-order chi connectivity index (χ1) is 12.6. The number of aromatic nitrogens is 3. The summed E-state index contributed by atoms with van der Waals surface area (Å²) in [6, 6.07) is 9.80. The molecule has 3 aromatic rings. The maximum atomic E-state index is 13.2. The molecule has 2 bridgehead atoms. The molecular formula is C19H18N4O2S. The van der Waals surface area contributed by atoms with Gasteiger partial charge in [-0.1, -0.05) is 29.5 Å². The predicted molar refractivity (Wildman–Crippen MR) is 99.1 cm³/mol. The largest absolute Gasteiger partial charge is 0.466 e. The molecule has 4 heterocycles. The lowest BCUT2D eigenvalue weighted by atomic mass is 9.93. The van der Waals surface area contributed by atoms with Crippen LogP contribution >= 0.6 is 11.3 Å². The minimum atomic E-state index is -0.626. The van der Waals surface area contributed by atoms with Crippen molar-refractivity contribution in [1.29, 1.82) is 0 Å².